The number of amides is 2. The highest BCUT2D eigenvalue weighted by Crippen LogP contribution is 2.42. The highest BCUT2D eigenvalue weighted by atomic mass is 19.4. The van der Waals surface area contributed by atoms with Gasteiger partial charge < -0.3 is 15.1 Å². The number of fused-ring (bicyclic) bond motifs is 1. The van der Waals surface area contributed by atoms with Gasteiger partial charge in [0.15, 0.2) is 5.82 Å². The summed E-state index contributed by atoms with van der Waals surface area (Å²) in [4.78, 5) is 44.3. The average Bonchev–Trinajstić information content (AvgIpc) is 3.73. The molecule has 4 aliphatic rings. The van der Waals surface area contributed by atoms with Crippen LogP contribution in [0.4, 0.5) is 29.5 Å². The van der Waals surface area contributed by atoms with Gasteiger partial charge in [-0.2, -0.15) is 17.9 Å². The number of halogens is 3. The lowest BCUT2D eigenvalue weighted by molar-refractivity contribution is -0.137. The number of carbonyl (C=O) groups is 3. The molecule has 238 valence electrons. The second-order valence-electron chi connectivity index (χ2n) is 13.1. The van der Waals surface area contributed by atoms with Crippen LogP contribution in [0.15, 0.2) is 30.5 Å². The van der Waals surface area contributed by atoms with Gasteiger partial charge in [-0.15, -0.1) is 5.10 Å². The number of ketones is 1. The van der Waals surface area contributed by atoms with Crippen molar-refractivity contribution in [2.45, 2.75) is 57.8 Å². The molecule has 0 bridgehead atoms. The highest BCUT2D eigenvalue weighted by molar-refractivity contribution is 5.88. The monoisotopic (exact) mass is 615 g/mol. The number of aromatic nitrogens is 2. The summed E-state index contributed by atoms with van der Waals surface area (Å²) in [6.45, 7) is 8.68. The molecule has 6 rings (SSSR count). The molecule has 1 N–H and O–H groups in total. The van der Waals surface area contributed by atoms with E-state index in [9.17, 15) is 27.6 Å². The summed E-state index contributed by atoms with van der Waals surface area (Å²) in [7, 11) is 0. The molecule has 44 heavy (non-hydrogen) atoms. The quantitative estimate of drug-likeness (QED) is 0.527. The standard InChI is InChI=1S/C31H40F3N7O3/c1-21(42)15-37-17-24-19-39(20-25(24)18-37)27-13-23(12-26(14-27)31(32,33)34)16-40-8-3-5-30(40)6-10-38(11-7-30)29(44)41-9-4-28(36-41)35-22(2)43/h4,9,12-14,24-25H,3,5-8,10-11,15-20H2,1-2H3,(H,35,36,43). The summed E-state index contributed by atoms with van der Waals surface area (Å²) in [5.74, 6) is 0.879. The molecule has 5 heterocycles. The lowest BCUT2D eigenvalue weighted by Crippen LogP contribution is -2.53. The number of carbonyl (C=O) groups excluding carboxylic acids is 3. The second-order valence-corrected chi connectivity index (χ2v) is 13.1. The van der Waals surface area contributed by atoms with Crippen molar-refractivity contribution in [2.24, 2.45) is 11.8 Å². The third-order valence-corrected chi connectivity index (χ3v) is 9.85. The Balaban J connectivity index is 1.13. The third-order valence-electron chi connectivity index (χ3n) is 9.85. The summed E-state index contributed by atoms with van der Waals surface area (Å²) < 4.78 is 43.5. The number of likely N-dealkylation sites (tertiary alicyclic amines) is 3. The van der Waals surface area contributed by atoms with Crippen molar-refractivity contribution in [3.05, 3.63) is 41.6 Å². The molecular weight excluding hydrogens is 575 g/mol. The smallest absolute Gasteiger partial charge is 0.371 e. The van der Waals surface area contributed by atoms with E-state index in [-0.39, 0.29) is 23.3 Å². The molecule has 0 aliphatic carbocycles. The predicted octanol–water partition coefficient (Wildman–Crippen LogP) is 3.92. The van der Waals surface area contributed by atoms with E-state index in [2.05, 4.69) is 25.1 Å². The summed E-state index contributed by atoms with van der Waals surface area (Å²) >= 11 is 0. The molecule has 1 spiro atoms. The zero-order chi connectivity index (χ0) is 31.2. The molecule has 4 saturated heterocycles. The molecule has 2 amide bonds. The fraction of sp³-hybridized carbons (Fsp3) is 0.613. The van der Waals surface area contributed by atoms with Crippen molar-refractivity contribution in [3.8, 4) is 0 Å². The molecule has 4 aliphatic heterocycles. The Morgan fingerprint density at radius 3 is 2.32 bits per heavy atom. The minimum atomic E-state index is -4.45. The third kappa shape index (κ3) is 6.35. The van der Waals surface area contributed by atoms with Gasteiger partial charge in [-0.25, -0.2) is 4.79 Å². The van der Waals surface area contributed by atoms with E-state index < -0.39 is 11.7 Å². The number of hydrogen-bond acceptors (Lipinski definition) is 7. The summed E-state index contributed by atoms with van der Waals surface area (Å²) in [6, 6.07) is 5.82. The van der Waals surface area contributed by atoms with Crippen LogP contribution in [0.1, 0.15) is 50.7 Å². The summed E-state index contributed by atoms with van der Waals surface area (Å²) in [5, 5.41) is 6.73. The number of Topliss-reactive ketones (excluding diaryl/α,β-unsaturated/α-hetero) is 1. The van der Waals surface area contributed by atoms with Gasteiger partial charge >= 0.3 is 12.2 Å². The van der Waals surface area contributed by atoms with Crippen molar-refractivity contribution in [1.82, 2.24) is 24.5 Å². The Labute approximate surface area is 255 Å². The number of benzene rings is 1. The van der Waals surface area contributed by atoms with E-state index in [1.165, 1.54) is 29.9 Å². The first-order valence-corrected chi connectivity index (χ1v) is 15.4. The Kier molecular flexibility index (Phi) is 8.20. The van der Waals surface area contributed by atoms with Crippen molar-refractivity contribution >= 4 is 29.2 Å². The van der Waals surface area contributed by atoms with Gasteiger partial charge in [-0.05, 0) is 74.8 Å². The van der Waals surface area contributed by atoms with E-state index in [0.29, 0.717) is 68.2 Å². The highest BCUT2D eigenvalue weighted by Gasteiger charge is 2.45. The normalized spacial score (nSPS) is 23.8. The number of piperidine rings is 1. The van der Waals surface area contributed by atoms with Crippen molar-refractivity contribution in [3.63, 3.8) is 0 Å². The number of alkyl halides is 3. The van der Waals surface area contributed by atoms with Crippen LogP contribution in [-0.4, -0.2) is 100 Å². The van der Waals surface area contributed by atoms with Gasteiger partial charge in [0, 0.05) is 76.2 Å². The van der Waals surface area contributed by atoms with Crippen LogP contribution >= 0.6 is 0 Å². The first-order valence-electron chi connectivity index (χ1n) is 15.4. The van der Waals surface area contributed by atoms with E-state index in [0.717, 1.165) is 45.3 Å². The predicted molar refractivity (Wildman–Crippen MR) is 158 cm³/mol. The molecule has 0 radical (unpaired) electrons. The number of nitrogens with one attached hydrogen (secondary N) is 1. The molecule has 4 fully saturated rings. The Morgan fingerprint density at radius 1 is 0.977 bits per heavy atom. The van der Waals surface area contributed by atoms with Gasteiger partial charge in [-0.1, -0.05) is 0 Å². The Morgan fingerprint density at radius 2 is 1.68 bits per heavy atom. The molecule has 2 aromatic rings. The van der Waals surface area contributed by atoms with Crippen LogP contribution in [0.2, 0.25) is 0 Å². The first-order chi connectivity index (χ1) is 20.9. The maximum Gasteiger partial charge on any atom is 0.416 e. The minimum absolute atomic E-state index is 0.136. The molecular formula is C31H40F3N7O3. The van der Waals surface area contributed by atoms with Crippen LogP contribution in [0, 0.1) is 11.8 Å². The molecule has 0 saturated carbocycles. The van der Waals surface area contributed by atoms with Gasteiger partial charge in [-0.3, -0.25) is 19.4 Å². The van der Waals surface area contributed by atoms with E-state index in [4.69, 9.17) is 0 Å². The van der Waals surface area contributed by atoms with E-state index in [1.54, 1.807) is 17.9 Å². The molecule has 1 aromatic carbocycles. The fourth-order valence-corrected chi connectivity index (χ4v) is 7.82. The number of nitrogens with zero attached hydrogens (tertiary/aromatic N) is 6. The van der Waals surface area contributed by atoms with Crippen LogP contribution in [-0.2, 0) is 22.3 Å². The fourth-order valence-electron chi connectivity index (χ4n) is 7.82. The van der Waals surface area contributed by atoms with Gasteiger partial charge in [0.05, 0.1) is 12.1 Å². The van der Waals surface area contributed by atoms with Crippen LogP contribution < -0.4 is 10.2 Å². The zero-order valence-corrected chi connectivity index (χ0v) is 25.3. The molecule has 13 heteroatoms. The maximum atomic E-state index is 14.1. The van der Waals surface area contributed by atoms with Gasteiger partial charge in [0.2, 0.25) is 5.91 Å². The molecule has 2 atom stereocenters. The Bertz CT molecular complexity index is 1400. The summed E-state index contributed by atoms with van der Waals surface area (Å²) in [6.07, 6.45) is 0.458. The average molecular weight is 616 g/mol. The van der Waals surface area contributed by atoms with Gasteiger partial charge in [0.25, 0.3) is 0 Å². The number of rotatable bonds is 6. The number of anilines is 2. The zero-order valence-electron chi connectivity index (χ0n) is 25.3. The maximum absolute atomic E-state index is 14.1. The second kappa shape index (κ2) is 11.8. The first kappa shape index (κ1) is 30.6. The van der Waals surface area contributed by atoms with Crippen molar-refractivity contribution in [1.29, 1.82) is 0 Å². The van der Waals surface area contributed by atoms with Crippen molar-refractivity contribution < 1.29 is 27.6 Å². The number of hydrogen-bond donors (Lipinski definition) is 1. The van der Waals surface area contributed by atoms with Crippen LogP contribution in [0.3, 0.4) is 0 Å². The van der Waals surface area contributed by atoms with Gasteiger partial charge in [0.1, 0.15) is 5.78 Å². The Hall–Kier alpha value is -3.45. The molecule has 10 nitrogen and oxygen atoms in total. The van der Waals surface area contributed by atoms with E-state index >= 15 is 0 Å². The largest absolute Gasteiger partial charge is 0.416 e. The van der Waals surface area contributed by atoms with Crippen LogP contribution in [0.5, 0.6) is 0 Å². The van der Waals surface area contributed by atoms with Crippen LogP contribution in [0.25, 0.3) is 0 Å². The molecule has 1 aromatic heterocycles. The minimum Gasteiger partial charge on any atom is -0.371 e. The molecule has 2 unspecified atom stereocenters. The summed E-state index contributed by atoms with van der Waals surface area (Å²) in [5.41, 5.74) is 0.495. The topological polar surface area (TPSA) is 94.0 Å². The SMILES string of the molecule is CC(=O)CN1CC2CN(c3cc(CN4CCCC45CCN(C(=O)n4ccc(NC(C)=O)n4)CC5)cc(C(F)(F)F)c3)CC2C1. The lowest BCUT2D eigenvalue weighted by atomic mass is 9.84. The lowest BCUT2D eigenvalue weighted by Gasteiger charge is -2.45. The van der Waals surface area contributed by atoms with E-state index in [1.807, 2.05) is 6.07 Å². The van der Waals surface area contributed by atoms with Crippen molar-refractivity contribution in [2.75, 3.05) is 62.6 Å².